The lowest BCUT2D eigenvalue weighted by Gasteiger charge is -2.15. The van der Waals surface area contributed by atoms with Crippen LogP contribution in [0, 0.1) is 3.57 Å². The summed E-state index contributed by atoms with van der Waals surface area (Å²) in [6.07, 6.45) is 0.933. The van der Waals surface area contributed by atoms with Crippen LogP contribution in [0.2, 0.25) is 0 Å². The van der Waals surface area contributed by atoms with E-state index in [1.807, 2.05) is 24.3 Å². The maximum Gasteiger partial charge on any atom is 0.425 e. The molecular weight excluding hydrogens is 507 g/mol. The Labute approximate surface area is 195 Å². The number of ether oxygens (including phenoxy) is 1. The van der Waals surface area contributed by atoms with Crippen molar-refractivity contribution in [2.24, 2.45) is 0 Å². The van der Waals surface area contributed by atoms with Gasteiger partial charge in [-0.2, -0.15) is 0 Å². The summed E-state index contributed by atoms with van der Waals surface area (Å²) < 4.78 is 6.70. The molecule has 152 valence electrons. The highest BCUT2D eigenvalue weighted by molar-refractivity contribution is 14.1. The molecule has 0 aromatic heterocycles. The molecule has 30 heavy (non-hydrogen) atoms. The third-order valence-electron chi connectivity index (χ3n) is 5.20. The number of thiocarbonyl (C=S) groups is 1. The molecule has 4 nitrogen and oxygen atoms in total. The maximum atomic E-state index is 12.2. The van der Waals surface area contributed by atoms with Crippen LogP contribution in [-0.2, 0) is 11.2 Å². The van der Waals surface area contributed by atoms with E-state index in [0.29, 0.717) is 11.4 Å². The van der Waals surface area contributed by atoms with Crippen LogP contribution >= 0.6 is 34.8 Å². The van der Waals surface area contributed by atoms with Gasteiger partial charge in [0.2, 0.25) is 0 Å². The minimum atomic E-state index is -0.534. The second-order valence-corrected chi connectivity index (χ2v) is 8.86. The number of hydrogen-bond acceptors (Lipinski definition) is 3. The Morgan fingerprint density at radius 2 is 1.50 bits per heavy atom. The van der Waals surface area contributed by atoms with Gasteiger partial charge < -0.3 is 4.74 Å². The van der Waals surface area contributed by atoms with Gasteiger partial charge in [-0.25, -0.2) is 10.2 Å². The third-order valence-corrected chi connectivity index (χ3v) is 6.23. The number of halogens is 1. The van der Waals surface area contributed by atoms with Crippen molar-refractivity contribution in [2.45, 2.75) is 18.8 Å². The van der Waals surface area contributed by atoms with Gasteiger partial charge in [0.05, 0.1) is 4.99 Å². The first kappa shape index (κ1) is 20.8. The average Bonchev–Trinajstić information content (AvgIpc) is 3.09. The topological polar surface area (TPSA) is 50.4 Å². The van der Waals surface area contributed by atoms with Gasteiger partial charge in [0, 0.05) is 15.9 Å². The van der Waals surface area contributed by atoms with Gasteiger partial charge in [-0.15, -0.1) is 0 Å². The van der Waals surface area contributed by atoms with Gasteiger partial charge in [-0.05, 0) is 69.0 Å². The second-order valence-electron chi connectivity index (χ2n) is 7.13. The summed E-state index contributed by atoms with van der Waals surface area (Å²) in [6.45, 7) is 0.275. The number of nitrogens with one attached hydrogen (secondary N) is 2. The number of carbonyl (C=O) groups is 1. The zero-order valence-corrected chi connectivity index (χ0v) is 19.2. The molecule has 0 spiro atoms. The number of carbonyl (C=O) groups excluding carboxylic acids is 1. The van der Waals surface area contributed by atoms with Crippen LogP contribution in [0.15, 0.2) is 72.8 Å². The number of aryl methyl sites for hydroxylation is 1. The Kier molecular flexibility index (Phi) is 6.64. The molecule has 0 aliphatic heterocycles. The predicted molar refractivity (Wildman–Crippen MR) is 131 cm³/mol. The maximum absolute atomic E-state index is 12.2. The van der Waals surface area contributed by atoms with Crippen molar-refractivity contribution in [1.29, 1.82) is 0 Å². The number of amides is 1. The van der Waals surface area contributed by atoms with E-state index in [9.17, 15) is 4.79 Å². The minimum absolute atomic E-state index is 0.0379. The molecule has 0 saturated carbocycles. The van der Waals surface area contributed by atoms with E-state index in [2.05, 4.69) is 82.0 Å². The van der Waals surface area contributed by atoms with Gasteiger partial charge in [-0.1, -0.05) is 72.9 Å². The first-order chi connectivity index (χ1) is 14.6. The Morgan fingerprint density at radius 1 is 0.900 bits per heavy atom. The van der Waals surface area contributed by atoms with Crippen LogP contribution in [-0.4, -0.2) is 17.7 Å². The molecule has 1 amide bonds. The van der Waals surface area contributed by atoms with Crippen LogP contribution < -0.4 is 10.9 Å². The van der Waals surface area contributed by atoms with Gasteiger partial charge >= 0.3 is 6.09 Å². The number of benzene rings is 3. The van der Waals surface area contributed by atoms with E-state index in [4.69, 9.17) is 17.0 Å². The highest BCUT2D eigenvalue weighted by Crippen LogP contribution is 2.44. The van der Waals surface area contributed by atoms with E-state index in [1.54, 1.807) is 0 Å². The molecule has 0 heterocycles. The second kappa shape index (κ2) is 9.57. The van der Waals surface area contributed by atoms with Crippen LogP contribution in [0.5, 0.6) is 0 Å². The first-order valence-corrected chi connectivity index (χ1v) is 11.2. The Bertz CT molecular complexity index is 1020. The normalized spacial score (nSPS) is 12.0. The molecule has 0 bridgehead atoms. The van der Waals surface area contributed by atoms with Gasteiger partial charge in [0.15, 0.2) is 0 Å². The van der Waals surface area contributed by atoms with Crippen LogP contribution in [0.4, 0.5) is 4.79 Å². The number of hydrogen-bond donors (Lipinski definition) is 2. The molecule has 3 aromatic rings. The van der Waals surface area contributed by atoms with Crippen molar-refractivity contribution in [2.75, 3.05) is 6.61 Å². The third kappa shape index (κ3) is 4.82. The molecule has 2 N–H and O–H groups in total. The predicted octanol–water partition coefficient (Wildman–Crippen LogP) is 5.59. The molecule has 0 radical (unpaired) electrons. The van der Waals surface area contributed by atoms with E-state index >= 15 is 0 Å². The van der Waals surface area contributed by atoms with Crippen LogP contribution in [0.1, 0.15) is 29.0 Å². The van der Waals surface area contributed by atoms with E-state index in [1.165, 1.54) is 31.4 Å². The largest absolute Gasteiger partial charge is 0.447 e. The standard InChI is InChI=1S/C24H21IN2O2S/c25-17-12-9-16(10-13-17)11-14-23(30)26-27-24(28)29-15-22-20-7-3-1-5-18(20)19-6-2-4-8-21(19)22/h1-10,12-13,22H,11,14-15H2,(H,26,30)(H,27,28). The van der Waals surface area contributed by atoms with Crippen molar-refractivity contribution in [3.8, 4) is 11.1 Å². The molecule has 4 rings (SSSR count). The van der Waals surface area contributed by atoms with Crippen LogP contribution in [0.25, 0.3) is 11.1 Å². The minimum Gasteiger partial charge on any atom is -0.447 e. The molecule has 3 aromatic carbocycles. The smallest absolute Gasteiger partial charge is 0.425 e. The van der Waals surface area contributed by atoms with Crippen molar-refractivity contribution in [3.05, 3.63) is 93.1 Å². The average molecular weight is 528 g/mol. The quantitative estimate of drug-likeness (QED) is 0.258. The number of rotatable bonds is 5. The zero-order valence-electron chi connectivity index (χ0n) is 16.2. The first-order valence-electron chi connectivity index (χ1n) is 9.76. The molecule has 0 atom stereocenters. The monoisotopic (exact) mass is 528 g/mol. The molecule has 1 aliphatic carbocycles. The van der Waals surface area contributed by atoms with Crippen molar-refractivity contribution >= 4 is 45.9 Å². The van der Waals surface area contributed by atoms with E-state index < -0.39 is 6.09 Å². The Balaban J connectivity index is 1.27. The highest BCUT2D eigenvalue weighted by atomic mass is 127. The molecule has 0 unspecified atom stereocenters. The summed E-state index contributed by atoms with van der Waals surface area (Å²) in [7, 11) is 0. The lowest BCUT2D eigenvalue weighted by Crippen LogP contribution is -2.41. The summed E-state index contributed by atoms with van der Waals surface area (Å²) in [5, 5.41) is 0. The Morgan fingerprint density at radius 3 is 2.13 bits per heavy atom. The van der Waals surface area contributed by atoms with Crippen molar-refractivity contribution < 1.29 is 9.53 Å². The fourth-order valence-corrected chi connectivity index (χ4v) is 4.24. The number of fused-ring (bicyclic) bond motifs is 3. The van der Waals surface area contributed by atoms with Gasteiger partial charge in [0.1, 0.15) is 6.61 Å². The summed E-state index contributed by atoms with van der Waals surface area (Å²) in [4.78, 5) is 12.8. The van der Waals surface area contributed by atoms with Crippen molar-refractivity contribution in [1.82, 2.24) is 10.9 Å². The summed E-state index contributed by atoms with van der Waals surface area (Å²) in [5.41, 5.74) is 11.3. The summed E-state index contributed by atoms with van der Waals surface area (Å²) >= 11 is 7.59. The SMILES string of the molecule is O=C(NNC(=S)CCc1ccc(I)cc1)OCC1c2ccccc2-c2ccccc21. The van der Waals surface area contributed by atoms with Crippen LogP contribution in [0.3, 0.4) is 0 Å². The summed E-state index contributed by atoms with van der Waals surface area (Å²) in [5.74, 6) is 0.0379. The lowest BCUT2D eigenvalue weighted by atomic mass is 9.98. The fraction of sp³-hybridized carbons (Fsp3) is 0.167. The molecule has 1 aliphatic rings. The van der Waals surface area contributed by atoms with E-state index in [0.717, 1.165) is 6.42 Å². The van der Waals surface area contributed by atoms with E-state index in [-0.39, 0.29) is 12.5 Å². The Hall–Kier alpha value is -2.45. The molecular formula is C24H21IN2O2S. The fourth-order valence-electron chi connectivity index (χ4n) is 3.73. The molecule has 0 saturated heterocycles. The van der Waals surface area contributed by atoms with Gasteiger partial charge in [-0.3, -0.25) is 5.43 Å². The van der Waals surface area contributed by atoms with Crippen molar-refractivity contribution in [3.63, 3.8) is 0 Å². The zero-order chi connectivity index (χ0) is 20.9. The molecule has 0 fully saturated rings. The summed E-state index contributed by atoms with van der Waals surface area (Å²) in [6, 6.07) is 24.8. The lowest BCUT2D eigenvalue weighted by molar-refractivity contribution is 0.141. The molecule has 6 heteroatoms. The number of hydrazine groups is 1. The highest BCUT2D eigenvalue weighted by Gasteiger charge is 2.28. The van der Waals surface area contributed by atoms with Gasteiger partial charge in [0.25, 0.3) is 0 Å².